The molecule has 4 aromatic rings. The number of aromatic amines is 1. The third-order valence-electron chi connectivity index (χ3n) is 10.5. The second kappa shape index (κ2) is 9.86. The van der Waals surface area contributed by atoms with E-state index in [2.05, 4.69) is 45.1 Å². The quantitative estimate of drug-likeness (QED) is 0.306. The van der Waals surface area contributed by atoms with E-state index in [1.807, 2.05) is 35.5 Å². The molecule has 0 atom stereocenters. The summed E-state index contributed by atoms with van der Waals surface area (Å²) < 4.78 is 6.22. The first-order chi connectivity index (χ1) is 21.9. The van der Waals surface area contributed by atoms with Crippen molar-refractivity contribution in [3.8, 4) is 17.0 Å². The van der Waals surface area contributed by atoms with Gasteiger partial charge in [0.25, 0.3) is 11.8 Å². The van der Waals surface area contributed by atoms with E-state index >= 15 is 0 Å². The van der Waals surface area contributed by atoms with Crippen LogP contribution >= 0.6 is 0 Å². The predicted molar refractivity (Wildman–Crippen MR) is 170 cm³/mol. The molecule has 1 saturated carbocycles. The van der Waals surface area contributed by atoms with Crippen LogP contribution in [0.15, 0.2) is 60.8 Å². The molecule has 3 saturated heterocycles. The Morgan fingerprint density at radius 3 is 2.38 bits per heavy atom. The third-order valence-corrected chi connectivity index (χ3v) is 10.5. The van der Waals surface area contributed by atoms with Crippen LogP contribution in [0.25, 0.3) is 22.2 Å². The maximum atomic E-state index is 12.9. The Morgan fingerprint density at radius 2 is 1.67 bits per heavy atom. The van der Waals surface area contributed by atoms with Crippen molar-refractivity contribution in [3.05, 3.63) is 71.9 Å². The van der Waals surface area contributed by atoms with Gasteiger partial charge in [-0.2, -0.15) is 5.10 Å². The summed E-state index contributed by atoms with van der Waals surface area (Å²) in [4.78, 5) is 35.5. The Morgan fingerprint density at radius 1 is 0.933 bits per heavy atom. The number of hydrazine groups is 1. The Labute approximate surface area is 261 Å². The summed E-state index contributed by atoms with van der Waals surface area (Å²) in [6.45, 7) is 9.01. The number of hydrogen-bond acceptors (Lipinski definition) is 8. The summed E-state index contributed by atoms with van der Waals surface area (Å²) in [5, 5.41) is 12.2. The number of likely N-dealkylation sites (tertiary alicyclic amines) is 1. The maximum Gasteiger partial charge on any atom is 0.276 e. The first-order valence-corrected chi connectivity index (χ1v) is 16.2. The van der Waals surface area contributed by atoms with Gasteiger partial charge < -0.3 is 14.5 Å². The first-order valence-electron chi connectivity index (χ1n) is 16.2. The van der Waals surface area contributed by atoms with E-state index < -0.39 is 0 Å². The summed E-state index contributed by atoms with van der Waals surface area (Å²) in [7, 11) is 0. The fraction of sp³-hybridized carbons (Fsp3) is 0.429. The topological polar surface area (TPSA) is 97.9 Å². The molecule has 4 aliphatic heterocycles. The number of amides is 2. The average Bonchev–Trinajstić information content (AvgIpc) is 3.49. The predicted octanol–water partition coefficient (Wildman–Crippen LogP) is 4.60. The number of benzene rings is 2. The molecule has 1 aliphatic carbocycles. The molecule has 0 bridgehead atoms. The third kappa shape index (κ3) is 4.61. The molecule has 10 nitrogen and oxygen atoms in total. The number of nitrogens with one attached hydrogen (secondary N) is 1. The van der Waals surface area contributed by atoms with Gasteiger partial charge in [-0.15, -0.1) is 0 Å². The molecule has 45 heavy (non-hydrogen) atoms. The molecule has 10 heteroatoms. The molecule has 0 unspecified atom stereocenters. The Bertz CT molecular complexity index is 1790. The van der Waals surface area contributed by atoms with Crippen molar-refractivity contribution in [1.29, 1.82) is 0 Å². The number of pyridine rings is 1. The Kier molecular flexibility index (Phi) is 5.93. The van der Waals surface area contributed by atoms with E-state index in [0.29, 0.717) is 22.5 Å². The average molecular weight is 604 g/mol. The highest BCUT2D eigenvalue weighted by Gasteiger charge is 2.52. The lowest BCUT2D eigenvalue weighted by molar-refractivity contribution is -0.0478. The van der Waals surface area contributed by atoms with Gasteiger partial charge in [0.05, 0.1) is 16.6 Å². The lowest BCUT2D eigenvalue weighted by Crippen LogP contribution is -2.72. The number of aromatic nitrogens is 3. The molecule has 6 heterocycles. The molecule has 0 radical (unpaired) electrons. The molecule has 2 aromatic heterocycles. The van der Waals surface area contributed by atoms with Crippen molar-refractivity contribution in [1.82, 2.24) is 30.1 Å². The van der Waals surface area contributed by atoms with Crippen LogP contribution in [-0.2, 0) is 0 Å². The highest BCUT2D eigenvalue weighted by Crippen LogP contribution is 2.44. The van der Waals surface area contributed by atoms with Crippen LogP contribution < -0.4 is 9.64 Å². The smallest absolute Gasteiger partial charge is 0.276 e. The zero-order valence-electron chi connectivity index (χ0n) is 25.5. The molecule has 1 spiro atoms. The van der Waals surface area contributed by atoms with Crippen molar-refractivity contribution in [2.24, 2.45) is 11.3 Å². The van der Waals surface area contributed by atoms with E-state index in [4.69, 9.17) is 9.72 Å². The number of anilines is 1. The first kappa shape index (κ1) is 27.1. The van der Waals surface area contributed by atoms with Crippen molar-refractivity contribution in [2.75, 3.05) is 50.7 Å². The number of carbonyl (C=O) groups excluding carboxylic acids is 2. The fourth-order valence-corrected chi connectivity index (χ4v) is 7.84. The molecular formula is C35H37N7O3. The van der Waals surface area contributed by atoms with Gasteiger partial charge in [-0.25, -0.2) is 15.0 Å². The summed E-state index contributed by atoms with van der Waals surface area (Å²) in [5.74, 6) is 2.12. The highest BCUT2D eigenvalue weighted by molar-refractivity contribution is 6.20. The van der Waals surface area contributed by atoms with Gasteiger partial charge >= 0.3 is 0 Å². The number of ether oxygens (including phenoxy) is 1. The molecule has 1 N–H and O–H groups in total. The number of hydrogen-bond donors (Lipinski definition) is 1. The molecule has 2 aromatic carbocycles. The van der Waals surface area contributed by atoms with Crippen LogP contribution in [0.1, 0.15) is 53.3 Å². The van der Waals surface area contributed by atoms with E-state index in [0.717, 1.165) is 105 Å². The zero-order valence-corrected chi connectivity index (χ0v) is 25.5. The van der Waals surface area contributed by atoms with Crippen LogP contribution in [0.4, 0.5) is 5.82 Å². The van der Waals surface area contributed by atoms with E-state index in [1.165, 1.54) is 5.01 Å². The van der Waals surface area contributed by atoms with Crippen LogP contribution in [0.5, 0.6) is 5.75 Å². The normalized spacial score (nSPS) is 22.5. The number of H-pyrrole nitrogens is 1. The van der Waals surface area contributed by atoms with Crippen LogP contribution in [0.3, 0.4) is 0 Å². The molecular weight excluding hydrogens is 566 g/mol. The van der Waals surface area contributed by atoms with E-state index in [-0.39, 0.29) is 17.4 Å². The number of piperidine rings is 1. The van der Waals surface area contributed by atoms with Gasteiger partial charge in [-0.1, -0.05) is 12.1 Å². The second-order valence-electron chi connectivity index (χ2n) is 14.1. The van der Waals surface area contributed by atoms with Crippen molar-refractivity contribution < 1.29 is 14.3 Å². The van der Waals surface area contributed by atoms with Crippen LogP contribution in [0.2, 0.25) is 0 Å². The molecule has 2 amide bonds. The van der Waals surface area contributed by atoms with Crippen LogP contribution in [-0.4, -0.2) is 93.3 Å². The molecule has 9 rings (SSSR count). The fourth-order valence-electron chi connectivity index (χ4n) is 7.84. The van der Waals surface area contributed by atoms with Gasteiger partial charge in [-0.3, -0.25) is 14.7 Å². The van der Waals surface area contributed by atoms with Gasteiger partial charge in [-0.05, 0) is 81.0 Å². The number of nitrogens with zero attached hydrogens (tertiary/aromatic N) is 6. The summed E-state index contributed by atoms with van der Waals surface area (Å²) >= 11 is 0. The number of fused-ring (bicyclic) bond motifs is 2. The Hall–Kier alpha value is -4.28. The monoisotopic (exact) mass is 603 g/mol. The van der Waals surface area contributed by atoms with E-state index in [9.17, 15) is 9.59 Å². The summed E-state index contributed by atoms with van der Waals surface area (Å²) in [6, 6.07) is 17.5. The molecule has 230 valence electrons. The largest absolute Gasteiger partial charge is 0.488 e. The SMILES string of the molecule is CC1(Oc2ccc3[nH]nc(-c4ccnc(N5CC6(CN(CC7CCN(N8C(=O)c9ccccc9C8=O)CC7)C6)C5)c4)c3c2)CC1. The van der Waals surface area contributed by atoms with Gasteiger partial charge in [0.1, 0.15) is 22.9 Å². The lowest BCUT2D eigenvalue weighted by atomic mass is 9.72. The van der Waals surface area contributed by atoms with Crippen molar-refractivity contribution >= 4 is 28.5 Å². The number of carbonyl (C=O) groups is 2. The standard InChI is InChI=1S/C35H37N7O3/c1-34(11-12-34)45-25-6-7-29-28(17-25)31(38-37-29)24-8-13-36-30(16-24)40-21-35(22-40)19-39(20-35)18-23-9-14-41(15-10-23)42-32(43)26-4-2-3-5-27(26)33(42)44/h2-8,13,16-17,23H,9-12,14-15,18-22H2,1H3,(H,37,38). The minimum absolute atomic E-state index is 0.0198. The maximum absolute atomic E-state index is 12.9. The molecule has 5 aliphatic rings. The van der Waals surface area contributed by atoms with Gasteiger partial charge in [0, 0.05) is 68.4 Å². The number of imide groups is 1. The Balaban J connectivity index is 0.785. The summed E-state index contributed by atoms with van der Waals surface area (Å²) in [6.07, 6.45) is 6.09. The highest BCUT2D eigenvalue weighted by atomic mass is 16.5. The lowest BCUT2D eigenvalue weighted by Gasteiger charge is -2.61. The van der Waals surface area contributed by atoms with E-state index in [1.54, 1.807) is 12.1 Å². The van der Waals surface area contributed by atoms with Gasteiger partial charge in [0.15, 0.2) is 0 Å². The second-order valence-corrected chi connectivity index (χ2v) is 14.1. The molecule has 4 fully saturated rings. The summed E-state index contributed by atoms with van der Waals surface area (Å²) in [5.41, 5.74) is 4.36. The minimum atomic E-state index is -0.187. The zero-order chi connectivity index (χ0) is 30.3. The van der Waals surface area contributed by atoms with Crippen molar-refractivity contribution in [2.45, 2.75) is 38.2 Å². The minimum Gasteiger partial charge on any atom is -0.488 e. The van der Waals surface area contributed by atoms with Crippen LogP contribution in [0, 0.1) is 11.3 Å². The number of rotatable bonds is 7. The van der Waals surface area contributed by atoms with Gasteiger partial charge in [0.2, 0.25) is 0 Å². The van der Waals surface area contributed by atoms with Crippen molar-refractivity contribution in [3.63, 3.8) is 0 Å².